The van der Waals surface area contributed by atoms with Crippen LogP contribution >= 0.6 is 11.8 Å². The molecule has 1 aliphatic rings. The third-order valence-electron chi connectivity index (χ3n) is 2.95. The van der Waals surface area contributed by atoms with E-state index in [0.29, 0.717) is 11.7 Å². The highest BCUT2D eigenvalue weighted by atomic mass is 32.2. The van der Waals surface area contributed by atoms with E-state index in [1.54, 1.807) is 6.20 Å². The van der Waals surface area contributed by atoms with Crippen molar-refractivity contribution in [3.8, 4) is 6.07 Å². The summed E-state index contributed by atoms with van der Waals surface area (Å²) < 4.78 is 0. The Bertz CT molecular complexity index is 393. The summed E-state index contributed by atoms with van der Waals surface area (Å²) in [7, 11) is 2.13. The first-order chi connectivity index (χ1) is 7.81. The molecule has 1 atom stereocenters. The molecule has 0 N–H and O–H groups in total. The highest BCUT2D eigenvalue weighted by Gasteiger charge is 2.20. The summed E-state index contributed by atoms with van der Waals surface area (Å²) in [6.45, 7) is 0.821. The predicted octanol–water partition coefficient (Wildman–Crippen LogP) is 1.89. The first-order valence-electron chi connectivity index (χ1n) is 5.43. The van der Waals surface area contributed by atoms with E-state index in [9.17, 15) is 0 Å². The molecule has 2 rings (SSSR count). The van der Waals surface area contributed by atoms with Crippen molar-refractivity contribution < 1.29 is 0 Å². The van der Waals surface area contributed by atoms with Crippen molar-refractivity contribution in [2.75, 3.05) is 18.6 Å². The molecule has 1 aromatic rings. The van der Waals surface area contributed by atoms with Gasteiger partial charge in [-0.15, -0.1) is 0 Å². The van der Waals surface area contributed by atoms with Crippen molar-refractivity contribution in [3.05, 3.63) is 29.6 Å². The zero-order valence-electron chi connectivity index (χ0n) is 9.39. The van der Waals surface area contributed by atoms with Crippen LogP contribution in [0.4, 0.5) is 0 Å². The molecule has 1 saturated heterocycles. The van der Waals surface area contributed by atoms with Crippen LogP contribution in [0.1, 0.15) is 17.7 Å². The van der Waals surface area contributed by atoms with Gasteiger partial charge in [0.25, 0.3) is 0 Å². The SMILES string of the molecule is CN(Cc1cccnc1C#N)C1CCSC1. The molecule has 2 heterocycles. The van der Waals surface area contributed by atoms with Crippen LogP contribution < -0.4 is 0 Å². The summed E-state index contributed by atoms with van der Waals surface area (Å²) in [6, 6.07) is 6.68. The van der Waals surface area contributed by atoms with Gasteiger partial charge in [-0.3, -0.25) is 4.90 Å². The van der Waals surface area contributed by atoms with Crippen LogP contribution in [-0.4, -0.2) is 34.5 Å². The average Bonchev–Trinajstić information content (AvgIpc) is 2.83. The fourth-order valence-electron chi connectivity index (χ4n) is 1.93. The molecule has 84 valence electrons. The van der Waals surface area contributed by atoms with Crippen LogP contribution in [0.25, 0.3) is 0 Å². The number of rotatable bonds is 3. The van der Waals surface area contributed by atoms with Crippen LogP contribution in [0.5, 0.6) is 0 Å². The van der Waals surface area contributed by atoms with E-state index in [2.05, 4.69) is 23.0 Å². The molecule has 0 saturated carbocycles. The van der Waals surface area contributed by atoms with E-state index < -0.39 is 0 Å². The summed E-state index contributed by atoms with van der Waals surface area (Å²) in [5.74, 6) is 2.46. The molecule has 16 heavy (non-hydrogen) atoms. The van der Waals surface area contributed by atoms with Crippen LogP contribution in [0.2, 0.25) is 0 Å². The third kappa shape index (κ3) is 2.55. The maximum Gasteiger partial charge on any atom is 0.144 e. The van der Waals surface area contributed by atoms with Crippen molar-refractivity contribution in [2.24, 2.45) is 0 Å². The number of hydrogen-bond acceptors (Lipinski definition) is 4. The minimum absolute atomic E-state index is 0.556. The normalized spacial score (nSPS) is 19.9. The van der Waals surface area contributed by atoms with Crippen molar-refractivity contribution in [3.63, 3.8) is 0 Å². The van der Waals surface area contributed by atoms with Crippen LogP contribution in [-0.2, 0) is 6.54 Å². The molecular formula is C12H15N3S. The van der Waals surface area contributed by atoms with Gasteiger partial charge in [0, 0.05) is 30.1 Å². The molecule has 1 fully saturated rings. The van der Waals surface area contributed by atoms with E-state index in [-0.39, 0.29) is 0 Å². The Balaban J connectivity index is 2.05. The second kappa shape index (κ2) is 5.33. The van der Waals surface area contributed by atoms with E-state index in [0.717, 1.165) is 12.1 Å². The number of pyridine rings is 1. The molecule has 4 heteroatoms. The summed E-state index contributed by atoms with van der Waals surface area (Å²) in [5, 5.41) is 8.96. The molecule has 0 aliphatic carbocycles. The molecule has 3 nitrogen and oxygen atoms in total. The Hall–Kier alpha value is -1.05. The molecule has 1 aliphatic heterocycles. The number of nitriles is 1. The topological polar surface area (TPSA) is 39.9 Å². The number of nitrogens with zero attached hydrogens (tertiary/aromatic N) is 3. The van der Waals surface area contributed by atoms with E-state index in [1.165, 1.54) is 17.9 Å². The highest BCUT2D eigenvalue weighted by molar-refractivity contribution is 7.99. The van der Waals surface area contributed by atoms with Crippen molar-refractivity contribution in [1.29, 1.82) is 5.26 Å². The van der Waals surface area contributed by atoms with Crippen LogP contribution in [0, 0.1) is 11.3 Å². The zero-order valence-corrected chi connectivity index (χ0v) is 10.2. The third-order valence-corrected chi connectivity index (χ3v) is 4.09. The lowest BCUT2D eigenvalue weighted by atomic mass is 10.1. The highest BCUT2D eigenvalue weighted by Crippen LogP contribution is 2.22. The van der Waals surface area contributed by atoms with Gasteiger partial charge in [0.2, 0.25) is 0 Å². The van der Waals surface area contributed by atoms with Gasteiger partial charge < -0.3 is 0 Å². The number of hydrogen-bond donors (Lipinski definition) is 0. The van der Waals surface area contributed by atoms with Crippen LogP contribution in [0.15, 0.2) is 18.3 Å². The standard InChI is InChI=1S/C12H15N3S/c1-15(11-4-6-16-9-11)8-10-3-2-5-14-12(10)7-13/h2-3,5,11H,4,6,8-9H2,1H3. The fourth-order valence-corrected chi connectivity index (χ4v) is 3.23. The van der Waals surface area contributed by atoms with Gasteiger partial charge in [-0.1, -0.05) is 6.07 Å². The molecule has 1 unspecified atom stereocenters. The Kier molecular flexibility index (Phi) is 3.81. The average molecular weight is 233 g/mol. The summed E-state index contributed by atoms with van der Waals surface area (Å²) in [5.41, 5.74) is 1.59. The van der Waals surface area contributed by atoms with Gasteiger partial charge in [-0.05, 0) is 25.3 Å². The minimum atomic E-state index is 0.556. The van der Waals surface area contributed by atoms with Crippen molar-refractivity contribution >= 4 is 11.8 Å². The molecular weight excluding hydrogens is 218 g/mol. The fraction of sp³-hybridized carbons (Fsp3) is 0.500. The van der Waals surface area contributed by atoms with Gasteiger partial charge in [-0.25, -0.2) is 4.98 Å². The second-order valence-corrected chi connectivity index (χ2v) is 5.21. The van der Waals surface area contributed by atoms with Crippen LogP contribution in [0.3, 0.4) is 0 Å². The van der Waals surface area contributed by atoms with Crippen molar-refractivity contribution in [2.45, 2.75) is 19.0 Å². The Morgan fingerprint density at radius 1 is 1.69 bits per heavy atom. The van der Waals surface area contributed by atoms with Gasteiger partial charge in [0.15, 0.2) is 0 Å². The first-order valence-corrected chi connectivity index (χ1v) is 6.58. The molecule has 0 amide bonds. The lowest BCUT2D eigenvalue weighted by Gasteiger charge is -2.23. The molecule has 0 spiro atoms. The number of thioether (sulfide) groups is 1. The Labute approximate surface area is 100 Å². The maximum atomic E-state index is 8.96. The molecule has 0 aromatic carbocycles. The predicted molar refractivity (Wildman–Crippen MR) is 66.1 cm³/mol. The number of aromatic nitrogens is 1. The molecule has 0 radical (unpaired) electrons. The largest absolute Gasteiger partial charge is 0.298 e. The lowest BCUT2D eigenvalue weighted by molar-refractivity contribution is 0.254. The molecule has 1 aromatic heterocycles. The smallest absolute Gasteiger partial charge is 0.144 e. The summed E-state index contributed by atoms with van der Waals surface area (Å²) in [4.78, 5) is 6.42. The minimum Gasteiger partial charge on any atom is -0.298 e. The Morgan fingerprint density at radius 3 is 3.25 bits per heavy atom. The molecule has 0 bridgehead atoms. The van der Waals surface area contributed by atoms with E-state index in [4.69, 9.17) is 5.26 Å². The van der Waals surface area contributed by atoms with Gasteiger partial charge in [-0.2, -0.15) is 17.0 Å². The zero-order chi connectivity index (χ0) is 11.4. The van der Waals surface area contributed by atoms with Crippen molar-refractivity contribution in [1.82, 2.24) is 9.88 Å². The van der Waals surface area contributed by atoms with Gasteiger partial charge >= 0.3 is 0 Å². The summed E-state index contributed by atoms with van der Waals surface area (Å²) in [6.07, 6.45) is 2.93. The van der Waals surface area contributed by atoms with E-state index in [1.807, 2.05) is 23.9 Å². The lowest BCUT2D eigenvalue weighted by Crippen LogP contribution is -2.31. The maximum absolute atomic E-state index is 8.96. The monoisotopic (exact) mass is 233 g/mol. The van der Waals surface area contributed by atoms with Gasteiger partial charge in [0.1, 0.15) is 11.8 Å². The quantitative estimate of drug-likeness (QED) is 0.799. The summed E-state index contributed by atoms with van der Waals surface area (Å²) >= 11 is 2.01. The van der Waals surface area contributed by atoms with Gasteiger partial charge in [0.05, 0.1) is 0 Å². The second-order valence-electron chi connectivity index (χ2n) is 4.06. The first kappa shape index (κ1) is 11.4. The Morgan fingerprint density at radius 2 is 2.56 bits per heavy atom. The van der Waals surface area contributed by atoms with E-state index >= 15 is 0 Å².